The second kappa shape index (κ2) is 8.88. The first-order valence-corrected chi connectivity index (χ1v) is 7.91. The van der Waals surface area contributed by atoms with E-state index in [0.29, 0.717) is 5.92 Å². The predicted molar refractivity (Wildman–Crippen MR) is 81.7 cm³/mol. The van der Waals surface area contributed by atoms with Gasteiger partial charge in [0.25, 0.3) is 6.35 Å². The summed E-state index contributed by atoms with van der Waals surface area (Å²) in [6.07, 6.45) is 11.3. The van der Waals surface area contributed by atoms with Crippen LogP contribution in [-0.2, 0) is 9.53 Å². The topological polar surface area (TPSA) is 32.8 Å². The summed E-state index contributed by atoms with van der Waals surface area (Å²) in [5.41, 5.74) is 0. The number of ether oxygens (including phenoxy) is 1. The lowest BCUT2D eigenvalue weighted by Crippen LogP contribution is -2.42. The Bertz CT molecular complexity index is 318. The predicted octanol–water partition coefficient (Wildman–Crippen LogP) is 3.55. The van der Waals surface area contributed by atoms with Gasteiger partial charge in [0.05, 0.1) is 0 Å². The van der Waals surface area contributed by atoms with Crippen LogP contribution in [0.4, 0.5) is 0 Å². The third-order valence-corrected chi connectivity index (χ3v) is 3.78. The maximum atomic E-state index is 11.2. The second-order valence-corrected chi connectivity index (χ2v) is 5.75. The number of carbonyl (C=O) groups is 1. The number of carbonyl (C=O) groups excluding carboxylic acids is 1. The quantitative estimate of drug-likeness (QED) is 0.478. The van der Waals surface area contributed by atoms with Crippen molar-refractivity contribution in [1.82, 2.24) is 9.80 Å². The highest BCUT2D eigenvalue weighted by Gasteiger charge is 2.27. The molecular weight excluding hydrogens is 252 g/mol. The molecule has 0 N–H and O–H groups in total. The van der Waals surface area contributed by atoms with E-state index in [1.807, 2.05) is 24.3 Å². The summed E-state index contributed by atoms with van der Waals surface area (Å²) in [5, 5.41) is 0. The van der Waals surface area contributed by atoms with E-state index in [4.69, 9.17) is 4.74 Å². The van der Waals surface area contributed by atoms with E-state index in [1.54, 1.807) is 0 Å². The SMILES string of the molecule is CCCCCC(CCC)CN1C=CN(C)C1OC(C)=O. The molecule has 2 unspecified atom stereocenters. The summed E-state index contributed by atoms with van der Waals surface area (Å²) >= 11 is 0. The highest BCUT2D eigenvalue weighted by molar-refractivity contribution is 5.66. The molecule has 116 valence electrons. The van der Waals surface area contributed by atoms with Crippen molar-refractivity contribution < 1.29 is 9.53 Å². The zero-order chi connectivity index (χ0) is 15.0. The summed E-state index contributed by atoms with van der Waals surface area (Å²) in [5.74, 6) is 0.453. The molecule has 0 bridgehead atoms. The van der Waals surface area contributed by atoms with Crippen LogP contribution in [0, 0.1) is 5.92 Å². The van der Waals surface area contributed by atoms with Crippen LogP contribution in [0.25, 0.3) is 0 Å². The molecular formula is C16H30N2O2. The van der Waals surface area contributed by atoms with Gasteiger partial charge in [-0.05, 0) is 18.8 Å². The Morgan fingerprint density at radius 3 is 2.55 bits per heavy atom. The monoisotopic (exact) mass is 282 g/mol. The summed E-state index contributed by atoms with van der Waals surface area (Å²) in [6.45, 7) is 6.91. The van der Waals surface area contributed by atoms with E-state index in [2.05, 4.69) is 18.7 Å². The number of hydrogen-bond donors (Lipinski definition) is 0. The van der Waals surface area contributed by atoms with Crippen molar-refractivity contribution in [3.05, 3.63) is 12.4 Å². The molecule has 0 radical (unpaired) electrons. The number of hydrogen-bond acceptors (Lipinski definition) is 4. The van der Waals surface area contributed by atoms with Gasteiger partial charge >= 0.3 is 5.97 Å². The molecule has 0 aromatic rings. The molecule has 0 saturated heterocycles. The van der Waals surface area contributed by atoms with E-state index in [0.717, 1.165) is 6.54 Å². The molecule has 2 atom stereocenters. The van der Waals surface area contributed by atoms with Crippen LogP contribution in [0.3, 0.4) is 0 Å². The van der Waals surface area contributed by atoms with Crippen LogP contribution in [0.15, 0.2) is 12.4 Å². The molecule has 4 nitrogen and oxygen atoms in total. The molecule has 20 heavy (non-hydrogen) atoms. The minimum Gasteiger partial charge on any atom is -0.423 e. The molecule has 0 aromatic carbocycles. The highest BCUT2D eigenvalue weighted by Crippen LogP contribution is 2.22. The van der Waals surface area contributed by atoms with Crippen molar-refractivity contribution in [2.24, 2.45) is 5.92 Å². The molecule has 0 fully saturated rings. The van der Waals surface area contributed by atoms with Gasteiger partial charge in [-0.15, -0.1) is 0 Å². The molecule has 0 saturated carbocycles. The normalized spacial score (nSPS) is 19.5. The minimum atomic E-state index is -0.266. The number of nitrogens with zero attached hydrogens (tertiary/aromatic N) is 2. The molecule has 4 heteroatoms. The molecule has 1 heterocycles. The molecule has 0 amide bonds. The fourth-order valence-corrected chi connectivity index (χ4v) is 2.74. The average molecular weight is 282 g/mol. The van der Waals surface area contributed by atoms with Gasteiger partial charge in [-0.2, -0.15) is 0 Å². The van der Waals surface area contributed by atoms with Crippen LogP contribution in [0.2, 0.25) is 0 Å². The standard InChI is InChI=1S/C16H30N2O2/c1-5-7-8-10-15(9-6-2)13-18-12-11-17(4)16(18)20-14(3)19/h11-12,15-16H,5-10,13H2,1-4H3. The lowest BCUT2D eigenvalue weighted by atomic mass is 9.96. The zero-order valence-corrected chi connectivity index (χ0v) is 13.5. The molecule has 0 spiro atoms. The van der Waals surface area contributed by atoms with Crippen molar-refractivity contribution in [3.63, 3.8) is 0 Å². The molecule has 0 aromatic heterocycles. The number of esters is 1. The molecule has 0 aliphatic carbocycles. The van der Waals surface area contributed by atoms with Gasteiger partial charge in [-0.1, -0.05) is 39.5 Å². The molecule has 1 rings (SSSR count). The third kappa shape index (κ3) is 5.43. The average Bonchev–Trinajstić information content (AvgIpc) is 2.71. The van der Waals surface area contributed by atoms with Crippen molar-refractivity contribution in [2.75, 3.05) is 13.6 Å². The second-order valence-electron chi connectivity index (χ2n) is 5.75. The zero-order valence-electron chi connectivity index (χ0n) is 13.5. The molecule has 1 aliphatic heterocycles. The Morgan fingerprint density at radius 1 is 1.20 bits per heavy atom. The maximum Gasteiger partial charge on any atom is 0.305 e. The van der Waals surface area contributed by atoms with Crippen LogP contribution in [0.1, 0.15) is 59.3 Å². The van der Waals surface area contributed by atoms with Crippen molar-refractivity contribution in [3.8, 4) is 0 Å². The van der Waals surface area contributed by atoms with Crippen molar-refractivity contribution in [2.45, 2.75) is 65.6 Å². The Morgan fingerprint density at radius 2 is 1.95 bits per heavy atom. The lowest BCUT2D eigenvalue weighted by Gasteiger charge is -2.32. The van der Waals surface area contributed by atoms with Crippen molar-refractivity contribution >= 4 is 5.97 Å². The van der Waals surface area contributed by atoms with Gasteiger partial charge in [0.15, 0.2) is 0 Å². The lowest BCUT2D eigenvalue weighted by molar-refractivity contribution is -0.165. The van der Waals surface area contributed by atoms with E-state index >= 15 is 0 Å². The summed E-state index contributed by atoms with van der Waals surface area (Å²) < 4.78 is 5.39. The number of rotatable bonds is 9. The van der Waals surface area contributed by atoms with Gasteiger partial charge in [-0.3, -0.25) is 4.79 Å². The Kier molecular flexibility index (Phi) is 7.48. The van der Waals surface area contributed by atoms with E-state index < -0.39 is 0 Å². The first kappa shape index (κ1) is 16.9. The first-order chi connectivity index (χ1) is 9.58. The molecule has 1 aliphatic rings. The number of unbranched alkanes of at least 4 members (excludes halogenated alkanes) is 2. The van der Waals surface area contributed by atoms with Gasteiger partial charge in [0.2, 0.25) is 0 Å². The van der Waals surface area contributed by atoms with Crippen LogP contribution in [0.5, 0.6) is 0 Å². The van der Waals surface area contributed by atoms with Crippen molar-refractivity contribution in [1.29, 1.82) is 0 Å². The van der Waals surface area contributed by atoms with Gasteiger partial charge < -0.3 is 14.5 Å². The van der Waals surface area contributed by atoms with Crippen LogP contribution < -0.4 is 0 Å². The van der Waals surface area contributed by atoms with Crippen LogP contribution in [-0.4, -0.2) is 35.7 Å². The van der Waals surface area contributed by atoms with E-state index in [-0.39, 0.29) is 12.3 Å². The third-order valence-electron chi connectivity index (χ3n) is 3.78. The summed E-state index contributed by atoms with van der Waals surface area (Å²) in [7, 11) is 1.94. The Balaban J connectivity index is 2.52. The van der Waals surface area contributed by atoms with E-state index in [9.17, 15) is 4.79 Å². The van der Waals surface area contributed by atoms with E-state index in [1.165, 1.54) is 45.4 Å². The Hall–Kier alpha value is -1.19. The first-order valence-electron chi connectivity index (χ1n) is 7.91. The minimum absolute atomic E-state index is 0.228. The van der Waals surface area contributed by atoms with Crippen LogP contribution >= 0.6 is 0 Å². The largest absolute Gasteiger partial charge is 0.423 e. The van der Waals surface area contributed by atoms with Gasteiger partial charge in [0.1, 0.15) is 0 Å². The van der Waals surface area contributed by atoms with Gasteiger partial charge in [0, 0.05) is 32.9 Å². The smallest absolute Gasteiger partial charge is 0.305 e. The fraction of sp³-hybridized carbons (Fsp3) is 0.812. The maximum absolute atomic E-state index is 11.2. The summed E-state index contributed by atoms with van der Waals surface area (Å²) in [4.78, 5) is 15.3. The Labute approximate surface area is 123 Å². The fourth-order valence-electron chi connectivity index (χ4n) is 2.74. The summed E-state index contributed by atoms with van der Waals surface area (Å²) in [6, 6.07) is 0. The highest BCUT2D eigenvalue weighted by atomic mass is 16.6. The van der Waals surface area contributed by atoms with Gasteiger partial charge in [-0.25, -0.2) is 0 Å².